The molecular formula is C14H31NO3S. The Hall–Kier alpha value is -0.130. The van der Waals surface area contributed by atoms with E-state index >= 15 is 0 Å². The number of piperidine rings is 1. The fraction of sp³-hybridized carbons (Fsp3) is 1.00. The molecule has 0 aromatic carbocycles. The topological polar surface area (TPSA) is 57.2 Å². The molecule has 0 aromatic heterocycles. The van der Waals surface area contributed by atoms with E-state index in [1.54, 1.807) is 0 Å². The quantitative estimate of drug-likeness (QED) is 0.430. The van der Waals surface area contributed by atoms with Gasteiger partial charge in [-0.05, 0) is 32.1 Å². The molecule has 1 heterocycles. The molecule has 1 aliphatic heterocycles. The van der Waals surface area contributed by atoms with Gasteiger partial charge in [-0.1, -0.05) is 26.2 Å². The van der Waals surface area contributed by atoms with Crippen LogP contribution in [0, 0.1) is 0 Å². The molecule has 19 heavy (non-hydrogen) atoms. The molecule has 0 aromatic rings. The van der Waals surface area contributed by atoms with E-state index in [1.807, 2.05) is 0 Å². The Kier molecular flexibility index (Phi) is 9.66. The predicted octanol–water partition coefficient (Wildman–Crippen LogP) is 2.75. The smallest absolute Gasteiger partial charge is 0.0916 e. The molecule has 116 valence electrons. The zero-order valence-electron chi connectivity index (χ0n) is 12.9. The molecule has 0 N–H and O–H groups in total. The van der Waals surface area contributed by atoms with Crippen LogP contribution in [0.1, 0.15) is 58.3 Å². The molecule has 0 unspecified atom stereocenters. The third-order valence-electron chi connectivity index (χ3n) is 3.70. The molecule has 0 bridgehead atoms. The third kappa shape index (κ3) is 14.1. The van der Waals surface area contributed by atoms with Crippen LogP contribution in [0.25, 0.3) is 0 Å². The van der Waals surface area contributed by atoms with Crippen molar-refractivity contribution in [1.29, 1.82) is 0 Å². The van der Waals surface area contributed by atoms with Crippen LogP contribution in [0.3, 0.4) is 0 Å². The first kappa shape index (κ1) is 18.9. The highest BCUT2D eigenvalue weighted by Gasteiger charge is 2.23. The van der Waals surface area contributed by atoms with E-state index in [0.717, 1.165) is 0 Å². The van der Waals surface area contributed by atoms with E-state index in [-0.39, 0.29) is 0 Å². The molecule has 0 aliphatic carbocycles. The minimum absolute atomic E-state index is 0.604. The lowest BCUT2D eigenvalue weighted by atomic mass is 10.1. The second kappa shape index (κ2) is 9.72. The van der Waals surface area contributed by atoms with Crippen molar-refractivity contribution in [3.05, 3.63) is 0 Å². The third-order valence-corrected chi connectivity index (χ3v) is 3.70. The Bertz CT molecular complexity index is 301. The Morgan fingerprint density at radius 2 is 1.47 bits per heavy atom. The van der Waals surface area contributed by atoms with Crippen LogP contribution in [0.15, 0.2) is 0 Å². The molecule has 0 saturated carbocycles. The van der Waals surface area contributed by atoms with E-state index in [4.69, 9.17) is 13.0 Å². The Labute approximate surface area is 119 Å². The standard InChI is InChI=1S/C13H28N.CH4O3S/c1-3-4-5-6-8-11-14(2)12-9-7-10-13-14;1-5(2,3)4/h3-13H2,1-2H3;1H3,(H,2,3,4)/q+1;/p-1. The monoisotopic (exact) mass is 293 g/mol. The summed E-state index contributed by atoms with van der Waals surface area (Å²) < 4.78 is 28.6. The van der Waals surface area contributed by atoms with Crippen LogP contribution in [-0.4, -0.2) is 50.4 Å². The minimum atomic E-state index is -3.92. The molecule has 1 saturated heterocycles. The van der Waals surface area contributed by atoms with Crippen molar-refractivity contribution in [1.82, 2.24) is 0 Å². The van der Waals surface area contributed by atoms with Gasteiger partial charge in [0.1, 0.15) is 0 Å². The van der Waals surface area contributed by atoms with E-state index in [2.05, 4.69) is 14.0 Å². The lowest BCUT2D eigenvalue weighted by Crippen LogP contribution is -2.48. The lowest BCUT2D eigenvalue weighted by molar-refractivity contribution is -0.914. The summed E-state index contributed by atoms with van der Waals surface area (Å²) in [5.41, 5.74) is 0. The summed E-state index contributed by atoms with van der Waals surface area (Å²) in [6, 6.07) is 0. The van der Waals surface area contributed by atoms with Crippen LogP contribution in [-0.2, 0) is 10.1 Å². The summed E-state index contributed by atoms with van der Waals surface area (Å²) in [6.07, 6.45) is 12.2. The van der Waals surface area contributed by atoms with Gasteiger partial charge in [0, 0.05) is 6.26 Å². The van der Waals surface area contributed by atoms with Crippen molar-refractivity contribution in [3.63, 3.8) is 0 Å². The molecule has 5 heteroatoms. The number of hydrogen-bond donors (Lipinski definition) is 0. The molecule has 0 radical (unpaired) electrons. The van der Waals surface area contributed by atoms with Gasteiger partial charge in [0.25, 0.3) is 0 Å². The molecular weight excluding hydrogens is 262 g/mol. The summed E-state index contributed by atoms with van der Waals surface area (Å²) >= 11 is 0. The number of rotatable bonds is 6. The van der Waals surface area contributed by atoms with Crippen molar-refractivity contribution < 1.29 is 17.5 Å². The lowest BCUT2D eigenvalue weighted by Gasteiger charge is -2.37. The summed E-state index contributed by atoms with van der Waals surface area (Å²) in [5, 5.41) is 0. The molecule has 0 amide bonds. The van der Waals surface area contributed by atoms with Crippen molar-refractivity contribution in [2.24, 2.45) is 0 Å². The van der Waals surface area contributed by atoms with Gasteiger partial charge in [-0.15, -0.1) is 0 Å². The second-order valence-corrected chi connectivity index (χ2v) is 7.38. The number of likely N-dealkylation sites (tertiary alicyclic amines) is 1. The first-order valence-electron chi connectivity index (χ1n) is 7.51. The number of unbranched alkanes of at least 4 members (excludes halogenated alkanes) is 4. The largest absolute Gasteiger partial charge is 0.748 e. The summed E-state index contributed by atoms with van der Waals surface area (Å²) in [7, 11) is -1.46. The van der Waals surface area contributed by atoms with Gasteiger partial charge >= 0.3 is 0 Å². The van der Waals surface area contributed by atoms with Crippen molar-refractivity contribution in [3.8, 4) is 0 Å². The van der Waals surface area contributed by atoms with Gasteiger partial charge in [0.15, 0.2) is 0 Å². The van der Waals surface area contributed by atoms with Gasteiger partial charge in [0.2, 0.25) is 0 Å². The first-order chi connectivity index (χ1) is 8.77. The van der Waals surface area contributed by atoms with Crippen LogP contribution in [0.4, 0.5) is 0 Å². The van der Waals surface area contributed by atoms with E-state index in [1.165, 1.54) is 75.5 Å². The van der Waals surface area contributed by atoms with Gasteiger partial charge in [-0.3, -0.25) is 0 Å². The molecule has 4 nitrogen and oxygen atoms in total. The number of hydrogen-bond acceptors (Lipinski definition) is 3. The maximum absolute atomic E-state index is 9.08. The van der Waals surface area contributed by atoms with Crippen LogP contribution < -0.4 is 0 Å². The van der Waals surface area contributed by atoms with E-state index in [0.29, 0.717) is 6.26 Å². The van der Waals surface area contributed by atoms with Crippen LogP contribution >= 0.6 is 0 Å². The van der Waals surface area contributed by atoms with Gasteiger partial charge < -0.3 is 9.04 Å². The Balaban J connectivity index is 0.000000555. The van der Waals surface area contributed by atoms with Gasteiger partial charge in [-0.2, -0.15) is 0 Å². The maximum Gasteiger partial charge on any atom is 0.0916 e. The van der Waals surface area contributed by atoms with Crippen LogP contribution in [0.5, 0.6) is 0 Å². The molecule has 0 atom stereocenters. The molecule has 1 aliphatic rings. The van der Waals surface area contributed by atoms with Crippen molar-refractivity contribution in [2.45, 2.75) is 58.3 Å². The molecule has 1 rings (SSSR count). The summed E-state index contributed by atoms with van der Waals surface area (Å²) in [6.45, 7) is 6.60. The highest BCUT2D eigenvalue weighted by molar-refractivity contribution is 7.84. The zero-order valence-corrected chi connectivity index (χ0v) is 13.7. The minimum Gasteiger partial charge on any atom is -0.748 e. The summed E-state index contributed by atoms with van der Waals surface area (Å²) in [5.74, 6) is 0. The van der Waals surface area contributed by atoms with Gasteiger partial charge in [-0.25, -0.2) is 8.42 Å². The average molecular weight is 293 g/mol. The summed E-state index contributed by atoms with van der Waals surface area (Å²) in [4.78, 5) is 0. The Morgan fingerprint density at radius 1 is 1.00 bits per heavy atom. The van der Waals surface area contributed by atoms with Crippen LogP contribution in [0.2, 0.25) is 0 Å². The maximum atomic E-state index is 9.08. The second-order valence-electron chi connectivity index (χ2n) is 5.97. The Morgan fingerprint density at radius 3 is 1.95 bits per heavy atom. The zero-order chi connectivity index (χ0) is 14.8. The fourth-order valence-corrected chi connectivity index (χ4v) is 2.60. The fourth-order valence-electron chi connectivity index (χ4n) is 2.60. The average Bonchev–Trinajstić information content (AvgIpc) is 2.27. The molecule has 0 spiro atoms. The first-order valence-corrected chi connectivity index (χ1v) is 9.33. The van der Waals surface area contributed by atoms with E-state index < -0.39 is 10.1 Å². The number of quaternary nitrogens is 1. The van der Waals surface area contributed by atoms with Crippen molar-refractivity contribution in [2.75, 3.05) is 32.9 Å². The SMILES string of the molecule is CCCCCCC[N+]1(C)CCCCC1.CS(=O)(=O)[O-]. The highest BCUT2D eigenvalue weighted by Crippen LogP contribution is 2.17. The van der Waals surface area contributed by atoms with E-state index in [9.17, 15) is 0 Å². The highest BCUT2D eigenvalue weighted by atomic mass is 32.2. The molecule has 1 fully saturated rings. The predicted molar refractivity (Wildman–Crippen MR) is 79.0 cm³/mol. The number of nitrogens with zero attached hydrogens (tertiary/aromatic N) is 1. The normalized spacial score (nSPS) is 18.5. The van der Waals surface area contributed by atoms with Gasteiger partial charge in [0.05, 0.1) is 36.8 Å². The van der Waals surface area contributed by atoms with Crippen molar-refractivity contribution >= 4 is 10.1 Å².